The van der Waals surface area contributed by atoms with Crippen molar-refractivity contribution in [3.05, 3.63) is 59.1 Å². The van der Waals surface area contributed by atoms with Crippen LogP contribution in [0, 0.1) is 0 Å². The molecule has 0 aliphatic heterocycles. The van der Waals surface area contributed by atoms with Crippen LogP contribution in [-0.4, -0.2) is 28.1 Å². The van der Waals surface area contributed by atoms with Gasteiger partial charge in [-0.05, 0) is 48.6 Å². The molecule has 1 amide bonds. The molecule has 0 aliphatic carbocycles. The van der Waals surface area contributed by atoms with E-state index in [-0.39, 0.29) is 10.7 Å². The number of nitrogens with one attached hydrogen (secondary N) is 3. The lowest BCUT2D eigenvalue weighted by Crippen LogP contribution is -2.56. The molecule has 0 spiro atoms. The Morgan fingerprint density at radius 2 is 1.70 bits per heavy atom. The molecule has 5 nitrogen and oxygen atoms in total. The lowest BCUT2D eigenvalue weighted by molar-refractivity contribution is 0.0931. The molecule has 0 saturated carbocycles. The molecule has 3 N–H and O–H groups in total. The predicted molar refractivity (Wildman–Crippen MR) is 115 cm³/mol. The van der Waals surface area contributed by atoms with Gasteiger partial charge in [0.05, 0.1) is 12.7 Å². The third kappa shape index (κ3) is 6.59. The highest BCUT2D eigenvalue weighted by Gasteiger charge is 2.35. The van der Waals surface area contributed by atoms with Crippen molar-refractivity contribution >= 4 is 75.3 Å². The number of methoxy groups -OCH3 is 1. The van der Waals surface area contributed by atoms with Gasteiger partial charge in [-0.3, -0.25) is 4.79 Å². The van der Waals surface area contributed by atoms with E-state index in [1.54, 1.807) is 48.5 Å². The summed E-state index contributed by atoms with van der Waals surface area (Å²) < 4.78 is 3.30. The molecule has 2 rings (SSSR count). The Kier molecular flexibility index (Phi) is 7.82. The fraction of sp³-hybridized carbons (Fsp3) is 0.176. The van der Waals surface area contributed by atoms with Crippen LogP contribution in [0.2, 0.25) is 5.02 Å². The highest BCUT2D eigenvalue weighted by atomic mass is 35.6. The first-order valence-electron chi connectivity index (χ1n) is 7.54. The number of hydrogen-bond donors (Lipinski definition) is 3. The maximum Gasteiger partial charge on any atom is 0.256 e. The van der Waals surface area contributed by atoms with Gasteiger partial charge in [0.2, 0.25) is 3.79 Å². The van der Waals surface area contributed by atoms with Crippen LogP contribution >= 0.6 is 58.6 Å². The number of halogens is 4. The van der Waals surface area contributed by atoms with Gasteiger partial charge in [-0.25, -0.2) is 0 Å². The van der Waals surface area contributed by atoms with Gasteiger partial charge in [0.1, 0.15) is 11.9 Å². The van der Waals surface area contributed by atoms with E-state index in [2.05, 4.69) is 16.0 Å². The normalized spacial score (nSPS) is 12.0. The topological polar surface area (TPSA) is 62.4 Å². The summed E-state index contributed by atoms with van der Waals surface area (Å²) in [7, 11) is 1.46. The van der Waals surface area contributed by atoms with E-state index in [1.807, 2.05) is 0 Å². The summed E-state index contributed by atoms with van der Waals surface area (Å²) in [5, 5.41) is 9.03. The van der Waals surface area contributed by atoms with Gasteiger partial charge in [-0.15, -0.1) is 0 Å². The second-order valence-electron chi connectivity index (χ2n) is 5.25. The molecule has 27 heavy (non-hydrogen) atoms. The van der Waals surface area contributed by atoms with Crippen molar-refractivity contribution < 1.29 is 9.53 Å². The molecule has 2 aromatic rings. The van der Waals surface area contributed by atoms with Crippen LogP contribution < -0.4 is 20.7 Å². The standard InChI is InChI=1S/C17H15Cl4N3O2S/c1-26-13-5-3-2-4-12(13)14(25)23-15(17(19,20)21)24-16(27)22-11-8-6-10(18)7-9-11/h2-9,15H,1H3,(H,23,25)(H2,22,24,27)/t15-/m0/s1. The molecule has 0 heterocycles. The Labute approximate surface area is 182 Å². The Morgan fingerprint density at radius 3 is 2.30 bits per heavy atom. The highest BCUT2D eigenvalue weighted by Crippen LogP contribution is 2.30. The maximum absolute atomic E-state index is 12.6. The molecule has 0 unspecified atom stereocenters. The Bertz CT molecular complexity index is 813. The monoisotopic (exact) mass is 465 g/mol. The lowest BCUT2D eigenvalue weighted by Gasteiger charge is -2.28. The van der Waals surface area contributed by atoms with Gasteiger partial charge in [-0.1, -0.05) is 58.5 Å². The van der Waals surface area contributed by atoms with Crippen molar-refractivity contribution in [3.8, 4) is 5.75 Å². The minimum Gasteiger partial charge on any atom is -0.496 e. The molecule has 144 valence electrons. The van der Waals surface area contributed by atoms with Gasteiger partial charge in [0, 0.05) is 10.7 Å². The SMILES string of the molecule is COc1ccccc1C(=O)N[C@@H](NC(=S)Nc1ccc(Cl)cc1)C(Cl)(Cl)Cl. The van der Waals surface area contributed by atoms with Crippen LogP contribution in [0.15, 0.2) is 48.5 Å². The molecule has 0 saturated heterocycles. The number of thiocarbonyl (C=S) groups is 1. The van der Waals surface area contributed by atoms with E-state index in [4.69, 9.17) is 63.4 Å². The molecule has 2 aromatic carbocycles. The average Bonchev–Trinajstić information content (AvgIpc) is 2.62. The van der Waals surface area contributed by atoms with Crippen LogP contribution in [-0.2, 0) is 0 Å². The molecule has 0 radical (unpaired) electrons. The zero-order valence-electron chi connectivity index (χ0n) is 13.9. The zero-order chi connectivity index (χ0) is 20.0. The number of carbonyl (C=O) groups is 1. The summed E-state index contributed by atoms with van der Waals surface area (Å²) >= 11 is 29.0. The number of amides is 1. The Balaban J connectivity index is 2.10. The molecular weight excluding hydrogens is 452 g/mol. The quantitative estimate of drug-likeness (QED) is 0.337. The van der Waals surface area contributed by atoms with E-state index in [1.165, 1.54) is 7.11 Å². The number of ether oxygens (including phenoxy) is 1. The number of para-hydroxylation sites is 1. The molecular formula is C17H15Cl4N3O2S. The Morgan fingerprint density at radius 1 is 1.07 bits per heavy atom. The van der Waals surface area contributed by atoms with E-state index >= 15 is 0 Å². The van der Waals surface area contributed by atoms with Gasteiger partial charge in [0.25, 0.3) is 5.91 Å². The largest absolute Gasteiger partial charge is 0.496 e. The summed E-state index contributed by atoms with van der Waals surface area (Å²) in [5.41, 5.74) is 0.966. The number of anilines is 1. The summed E-state index contributed by atoms with van der Waals surface area (Å²) in [6.45, 7) is 0. The van der Waals surface area contributed by atoms with Crippen molar-refractivity contribution in [1.82, 2.24) is 10.6 Å². The van der Waals surface area contributed by atoms with Gasteiger partial charge < -0.3 is 20.7 Å². The fourth-order valence-electron chi connectivity index (χ4n) is 2.07. The van der Waals surface area contributed by atoms with E-state index in [0.29, 0.717) is 16.5 Å². The smallest absolute Gasteiger partial charge is 0.256 e. The van der Waals surface area contributed by atoms with E-state index in [0.717, 1.165) is 0 Å². The van der Waals surface area contributed by atoms with Crippen molar-refractivity contribution in [2.24, 2.45) is 0 Å². The van der Waals surface area contributed by atoms with Crippen LogP contribution in [0.25, 0.3) is 0 Å². The average molecular weight is 467 g/mol. The fourth-order valence-corrected chi connectivity index (χ4v) is 2.76. The third-order valence-electron chi connectivity index (χ3n) is 3.33. The molecule has 10 heteroatoms. The Hall–Kier alpha value is -1.44. The summed E-state index contributed by atoms with van der Waals surface area (Å²) in [6.07, 6.45) is -1.10. The highest BCUT2D eigenvalue weighted by molar-refractivity contribution is 7.80. The molecule has 0 bridgehead atoms. The predicted octanol–water partition coefficient (Wildman–Crippen LogP) is 4.76. The third-order valence-corrected chi connectivity index (χ3v) is 4.46. The number of rotatable bonds is 5. The zero-order valence-corrected chi connectivity index (χ0v) is 17.8. The number of alkyl halides is 3. The van der Waals surface area contributed by atoms with Crippen LogP contribution in [0.1, 0.15) is 10.4 Å². The molecule has 1 atom stereocenters. The first kappa shape index (κ1) is 21.9. The first-order valence-corrected chi connectivity index (χ1v) is 9.46. The van der Waals surface area contributed by atoms with Crippen molar-refractivity contribution in [1.29, 1.82) is 0 Å². The summed E-state index contributed by atoms with van der Waals surface area (Å²) in [6, 6.07) is 13.5. The van der Waals surface area contributed by atoms with Crippen LogP contribution in [0.4, 0.5) is 5.69 Å². The van der Waals surface area contributed by atoms with Crippen LogP contribution in [0.5, 0.6) is 5.75 Å². The van der Waals surface area contributed by atoms with Crippen molar-refractivity contribution in [2.75, 3.05) is 12.4 Å². The molecule has 0 fully saturated rings. The molecule has 0 aliphatic rings. The van der Waals surface area contributed by atoms with Gasteiger partial charge in [-0.2, -0.15) is 0 Å². The van der Waals surface area contributed by atoms with Crippen LogP contribution in [0.3, 0.4) is 0 Å². The second-order valence-corrected chi connectivity index (χ2v) is 8.47. The minimum atomic E-state index is -1.87. The first-order chi connectivity index (χ1) is 12.7. The number of benzene rings is 2. The number of hydrogen-bond acceptors (Lipinski definition) is 3. The molecule has 0 aromatic heterocycles. The van der Waals surface area contributed by atoms with E-state index in [9.17, 15) is 4.79 Å². The van der Waals surface area contributed by atoms with E-state index < -0.39 is 15.9 Å². The summed E-state index contributed by atoms with van der Waals surface area (Å²) in [4.78, 5) is 12.6. The number of carbonyl (C=O) groups excluding carboxylic acids is 1. The van der Waals surface area contributed by atoms with Gasteiger partial charge in [0.15, 0.2) is 5.11 Å². The lowest BCUT2D eigenvalue weighted by atomic mass is 10.2. The summed E-state index contributed by atoms with van der Waals surface area (Å²) in [5.74, 6) is -0.106. The maximum atomic E-state index is 12.6. The van der Waals surface area contributed by atoms with Crippen molar-refractivity contribution in [3.63, 3.8) is 0 Å². The second kappa shape index (κ2) is 9.66. The van der Waals surface area contributed by atoms with Gasteiger partial charge >= 0.3 is 0 Å². The minimum absolute atomic E-state index is 0.147. The van der Waals surface area contributed by atoms with Crippen molar-refractivity contribution in [2.45, 2.75) is 9.96 Å².